The lowest BCUT2D eigenvalue weighted by atomic mass is 9.97. The number of allylic oxidation sites excluding steroid dienone is 1. The second kappa shape index (κ2) is 12.7. The average Bonchev–Trinajstić information content (AvgIpc) is 3.19. The highest BCUT2D eigenvalue weighted by Gasteiger charge is 2.63. The van der Waals surface area contributed by atoms with E-state index in [-0.39, 0.29) is 16.8 Å². The minimum Gasteiger partial charge on any atom is -0.462 e. The number of rotatable bonds is 11. The third-order valence-corrected chi connectivity index (χ3v) is 8.26. The molecule has 16 heteroatoms. The zero-order chi connectivity index (χ0) is 31.7. The highest BCUT2D eigenvalue weighted by molar-refractivity contribution is 7.52. The molecule has 0 aromatic heterocycles. The minimum absolute atomic E-state index is 0.0663. The van der Waals surface area contributed by atoms with Crippen molar-refractivity contribution in [3.05, 3.63) is 54.5 Å². The van der Waals surface area contributed by atoms with Crippen LogP contribution in [0.5, 0.6) is 5.75 Å². The van der Waals surface area contributed by atoms with Crippen LogP contribution >= 0.6 is 7.75 Å². The smallest absolute Gasteiger partial charge is 0.459 e. The van der Waals surface area contributed by atoms with Gasteiger partial charge in [0.25, 0.3) is 6.43 Å². The van der Waals surface area contributed by atoms with Gasteiger partial charge in [0.1, 0.15) is 17.9 Å². The fraction of sp³-hybridized carbons (Fsp3) is 0.444. The second-order valence-corrected chi connectivity index (χ2v) is 11.9. The number of amides is 1. The minimum atomic E-state index is -4.83. The van der Waals surface area contributed by atoms with Crippen molar-refractivity contribution in [2.24, 2.45) is 0 Å². The molecule has 1 amide bonds. The Morgan fingerprint density at radius 1 is 1.19 bits per heavy atom. The lowest BCUT2D eigenvalue weighted by Gasteiger charge is -2.33. The molecule has 2 heterocycles. The molecule has 2 aliphatic heterocycles. The summed E-state index contributed by atoms with van der Waals surface area (Å²) in [6.07, 6.45) is -12.7. The van der Waals surface area contributed by atoms with Crippen LogP contribution in [0, 0.1) is 0 Å². The van der Waals surface area contributed by atoms with Crippen molar-refractivity contribution in [1.82, 2.24) is 9.99 Å². The number of hydrogen-bond acceptors (Lipinski definition) is 9. The van der Waals surface area contributed by atoms with Crippen LogP contribution in [-0.2, 0) is 32.9 Å². The monoisotopic (exact) mass is 632 g/mol. The van der Waals surface area contributed by atoms with E-state index in [0.29, 0.717) is 5.39 Å². The first-order valence-corrected chi connectivity index (χ1v) is 14.6. The molecule has 43 heavy (non-hydrogen) atoms. The molecular weight excluding hydrogens is 603 g/mol. The molecule has 11 nitrogen and oxygen atoms in total. The number of fused-ring (bicyclic) bond motifs is 1. The van der Waals surface area contributed by atoms with E-state index >= 15 is 4.39 Å². The number of aliphatic hydroxyl groups is 1. The maximum Gasteiger partial charge on any atom is 0.459 e. The van der Waals surface area contributed by atoms with Gasteiger partial charge in [-0.15, -0.1) is 0 Å². The van der Waals surface area contributed by atoms with Crippen molar-refractivity contribution < 1.29 is 60.1 Å². The number of aliphatic hydroxyl groups excluding tert-OH is 1. The number of ether oxygens (including phenoxy) is 2. The quantitative estimate of drug-likeness (QED) is 0.162. The molecule has 4 rings (SSSR count). The molecule has 0 saturated carbocycles. The van der Waals surface area contributed by atoms with E-state index in [1.807, 2.05) is 0 Å². The van der Waals surface area contributed by atoms with E-state index in [1.165, 1.54) is 19.1 Å². The van der Waals surface area contributed by atoms with Crippen LogP contribution in [0.25, 0.3) is 10.8 Å². The summed E-state index contributed by atoms with van der Waals surface area (Å²) in [5.74, 6) is -4.78. The predicted octanol–water partition coefficient (Wildman–Crippen LogP) is 3.94. The summed E-state index contributed by atoms with van der Waals surface area (Å²) in [5.41, 5.74) is -3.25. The molecule has 2 aromatic carbocycles. The maximum atomic E-state index is 15.2. The Labute approximate surface area is 243 Å². The van der Waals surface area contributed by atoms with Crippen LogP contribution in [-0.4, -0.2) is 76.9 Å². The topological polar surface area (TPSA) is 141 Å². The van der Waals surface area contributed by atoms with Crippen LogP contribution in [0.3, 0.4) is 0 Å². The number of carbonyl (C=O) groups is 3. The standard InChI is InChI=1S/C27H29F4N2O9P/c1-14(2)40-25(37)15(3)32-43(38,42-18-9-8-16-6-4-5-7-17(16)10-18)39-13-27(26(30)31)23(36)22(29)24(41-27)33-12-19(28)20(34)11-21(33)35/h4-10,12,14-15,22-24,26,36H,11,13H2,1-3H3,(H,32,38)/t15-,22-,23-,24+,27+,43?/m0/s1. The second-order valence-electron chi connectivity index (χ2n) is 10.2. The van der Waals surface area contributed by atoms with Gasteiger partial charge in [-0.05, 0) is 43.7 Å². The molecule has 6 atom stereocenters. The summed E-state index contributed by atoms with van der Waals surface area (Å²) in [7, 11) is -4.83. The molecule has 2 aromatic rings. The molecule has 2 aliphatic rings. The highest BCUT2D eigenvalue weighted by atomic mass is 31.2. The Hall–Kier alpha value is -3.36. The SMILES string of the molecule is CC(C)OC(=O)[C@H](C)NP(=O)(OC[C@@]1(C(F)F)O[C@@H](N2C=C(F)C(=O)CC2=O)[C@@H](F)[C@@H]1O)Oc1ccc2ccccc2c1. The zero-order valence-electron chi connectivity index (χ0n) is 23.1. The molecule has 1 fully saturated rings. The van der Waals surface area contributed by atoms with Gasteiger partial charge in [-0.3, -0.25) is 23.8 Å². The fourth-order valence-corrected chi connectivity index (χ4v) is 5.94. The normalized spacial score (nSPS) is 26.5. The molecule has 0 radical (unpaired) electrons. The predicted molar refractivity (Wildman–Crippen MR) is 142 cm³/mol. The van der Waals surface area contributed by atoms with Crippen molar-refractivity contribution in [3.63, 3.8) is 0 Å². The Bertz CT molecular complexity index is 1470. The Balaban J connectivity index is 1.63. The van der Waals surface area contributed by atoms with Gasteiger partial charge in [-0.1, -0.05) is 30.3 Å². The molecule has 1 unspecified atom stereocenters. The van der Waals surface area contributed by atoms with Crippen LogP contribution < -0.4 is 9.61 Å². The van der Waals surface area contributed by atoms with Gasteiger partial charge < -0.3 is 19.1 Å². The molecule has 234 valence electrons. The average molecular weight is 633 g/mol. The first-order chi connectivity index (χ1) is 20.2. The molecular formula is C27H29F4N2O9P. The van der Waals surface area contributed by atoms with Gasteiger partial charge in [0.2, 0.25) is 11.7 Å². The number of Topliss-reactive ketones (excluding diaryl/α,β-unsaturated/α-hetero) is 1. The zero-order valence-corrected chi connectivity index (χ0v) is 24.0. The van der Waals surface area contributed by atoms with Crippen molar-refractivity contribution in [2.75, 3.05) is 6.61 Å². The summed E-state index contributed by atoms with van der Waals surface area (Å²) in [6, 6.07) is 10.1. The van der Waals surface area contributed by atoms with Crippen LogP contribution in [0.2, 0.25) is 0 Å². The van der Waals surface area contributed by atoms with E-state index in [9.17, 15) is 37.2 Å². The highest BCUT2D eigenvalue weighted by Crippen LogP contribution is 2.49. The molecule has 1 saturated heterocycles. The van der Waals surface area contributed by atoms with Crippen molar-refractivity contribution in [2.45, 2.75) is 69.9 Å². The summed E-state index contributed by atoms with van der Waals surface area (Å²) in [5, 5.41) is 14.3. The van der Waals surface area contributed by atoms with E-state index in [0.717, 1.165) is 5.39 Å². The van der Waals surface area contributed by atoms with Gasteiger partial charge in [-0.2, -0.15) is 5.09 Å². The number of nitrogens with one attached hydrogen (secondary N) is 1. The van der Waals surface area contributed by atoms with Gasteiger partial charge >= 0.3 is 13.7 Å². The van der Waals surface area contributed by atoms with Gasteiger partial charge in [-0.25, -0.2) is 22.1 Å². The van der Waals surface area contributed by atoms with Crippen LogP contribution in [0.1, 0.15) is 27.2 Å². The van der Waals surface area contributed by atoms with Crippen LogP contribution in [0.15, 0.2) is 54.5 Å². The van der Waals surface area contributed by atoms with Crippen molar-refractivity contribution in [1.29, 1.82) is 0 Å². The molecule has 2 N–H and O–H groups in total. The number of ketones is 1. The summed E-state index contributed by atoms with van der Waals surface area (Å²) in [6.45, 7) is 2.88. The van der Waals surface area contributed by atoms with E-state index in [1.54, 1.807) is 44.2 Å². The lowest BCUT2D eigenvalue weighted by molar-refractivity contribution is -0.200. The third kappa shape index (κ3) is 6.91. The number of alkyl halides is 3. The Morgan fingerprint density at radius 2 is 1.86 bits per heavy atom. The summed E-state index contributed by atoms with van der Waals surface area (Å²) >= 11 is 0. The van der Waals surface area contributed by atoms with E-state index < -0.39 is 86.9 Å². The number of nitrogens with zero attached hydrogens (tertiary/aromatic N) is 1. The number of esters is 1. The van der Waals surface area contributed by atoms with Gasteiger partial charge in [0.15, 0.2) is 23.8 Å². The first-order valence-electron chi connectivity index (χ1n) is 13.1. The number of halogens is 4. The molecule has 0 aliphatic carbocycles. The number of carbonyl (C=O) groups excluding carboxylic acids is 3. The maximum absolute atomic E-state index is 15.2. The van der Waals surface area contributed by atoms with Crippen molar-refractivity contribution in [3.8, 4) is 5.75 Å². The summed E-state index contributed by atoms with van der Waals surface area (Å²) in [4.78, 5) is 36.4. The number of hydrogen-bond donors (Lipinski definition) is 2. The van der Waals surface area contributed by atoms with Crippen LogP contribution in [0.4, 0.5) is 17.6 Å². The Morgan fingerprint density at radius 3 is 2.51 bits per heavy atom. The van der Waals surface area contributed by atoms with Crippen molar-refractivity contribution >= 4 is 36.2 Å². The van der Waals surface area contributed by atoms with Gasteiger partial charge in [0.05, 0.1) is 19.1 Å². The number of benzene rings is 2. The van der Waals surface area contributed by atoms with E-state index in [4.69, 9.17) is 18.5 Å². The molecule has 0 bridgehead atoms. The fourth-order valence-electron chi connectivity index (χ4n) is 4.42. The van der Waals surface area contributed by atoms with E-state index in [2.05, 4.69) is 5.09 Å². The lowest BCUT2D eigenvalue weighted by Crippen LogP contribution is -2.52. The summed E-state index contributed by atoms with van der Waals surface area (Å²) < 4.78 is 93.1. The first kappa shape index (κ1) is 32.6. The molecule has 0 spiro atoms. The third-order valence-electron chi connectivity index (χ3n) is 6.64. The largest absolute Gasteiger partial charge is 0.462 e. The van der Waals surface area contributed by atoms with Gasteiger partial charge in [0, 0.05) is 6.20 Å². The Kier molecular flexibility index (Phi) is 9.62.